The number of anilines is 1. The van der Waals surface area contributed by atoms with Crippen molar-refractivity contribution in [3.63, 3.8) is 0 Å². The summed E-state index contributed by atoms with van der Waals surface area (Å²) in [5.41, 5.74) is 2.27. The molecule has 2 aliphatic rings. The molecule has 2 heterocycles. The number of carbonyl (C=O) groups excluding carboxylic acids is 3. The lowest BCUT2D eigenvalue weighted by Gasteiger charge is -2.35. The van der Waals surface area contributed by atoms with E-state index < -0.39 is 0 Å². The predicted molar refractivity (Wildman–Crippen MR) is 66.6 cm³/mol. The van der Waals surface area contributed by atoms with Crippen LogP contribution in [0.2, 0.25) is 0 Å². The zero-order valence-electron chi connectivity index (χ0n) is 10.2. The van der Waals surface area contributed by atoms with Crippen molar-refractivity contribution in [2.45, 2.75) is 19.8 Å². The van der Waals surface area contributed by atoms with Crippen LogP contribution in [0.4, 0.5) is 5.69 Å². The van der Waals surface area contributed by atoms with Crippen LogP contribution in [0.25, 0.3) is 0 Å². The van der Waals surface area contributed by atoms with Crippen LogP contribution in [-0.4, -0.2) is 30.4 Å². The number of Topliss-reactive ketones (excluding diaryl/α,β-unsaturated/α-hetero) is 3. The van der Waals surface area contributed by atoms with E-state index in [1.807, 2.05) is 0 Å². The highest BCUT2D eigenvalue weighted by molar-refractivity contribution is 6.14. The molecule has 0 unspecified atom stereocenters. The number of carbonyl (C=O) groups is 3. The Hall–Kier alpha value is -1.97. The molecule has 1 aromatic rings. The molecule has 0 aliphatic carbocycles. The van der Waals surface area contributed by atoms with Crippen molar-refractivity contribution in [2.24, 2.45) is 0 Å². The third-order valence-corrected chi connectivity index (χ3v) is 3.65. The van der Waals surface area contributed by atoms with Crippen molar-refractivity contribution in [3.05, 3.63) is 28.8 Å². The molecule has 18 heavy (non-hydrogen) atoms. The van der Waals surface area contributed by atoms with Crippen LogP contribution in [0.3, 0.4) is 0 Å². The first-order valence-electron chi connectivity index (χ1n) is 6.08. The van der Waals surface area contributed by atoms with Crippen molar-refractivity contribution in [2.75, 3.05) is 18.0 Å². The SMILES string of the molecule is CC(=O)c1cc2c3c(c1)C(=O)CCN3CCC2=O. The van der Waals surface area contributed by atoms with Crippen LogP contribution < -0.4 is 4.90 Å². The highest BCUT2D eigenvalue weighted by Gasteiger charge is 2.32. The van der Waals surface area contributed by atoms with E-state index in [2.05, 4.69) is 4.90 Å². The lowest BCUT2D eigenvalue weighted by atomic mass is 9.88. The minimum atomic E-state index is -0.114. The zero-order valence-corrected chi connectivity index (χ0v) is 10.2. The van der Waals surface area contributed by atoms with Crippen molar-refractivity contribution in [3.8, 4) is 0 Å². The average molecular weight is 243 g/mol. The fraction of sp³-hybridized carbons (Fsp3) is 0.357. The molecule has 2 aliphatic heterocycles. The van der Waals surface area contributed by atoms with E-state index >= 15 is 0 Å². The number of ketones is 3. The van der Waals surface area contributed by atoms with Crippen LogP contribution in [0.1, 0.15) is 50.8 Å². The summed E-state index contributed by atoms with van der Waals surface area (Å²) in [6, 6.07) is 3.27. The molecule has 0 N–H and O–H groups in total. The quantitative estimate of drug-likeness (QED) is 0.706. The Morgan fingerprint density at radius 1 is 1.06 bits per heavy atom. The Morgan fingerprint density at radius 3 is 2.00 bits per heavy atom. The summed E-state index contributed by atoms with van der Waals surface area (Å²) in [6.45, 7) is 2.80. The standard InChI is InChI=1S/C14H13NO3/c1-8(16)9-6-10-12(17)2-4-15-5-3-13(18)11(7-9)14(10)15/h6-7H,2-5H2,1H3. The molecule has 0 bridgehead atoms. The molecule has 92 valence electrons. The highest BCUT2D eigenvalue weighted by atomic mass is 16.1. The number of hydrogen-bond donors (Lipinski definition) is 0. The van der Waals surface area contributed by atoms with E-state index in [1.54, 1.807) is 12.1 Å². The smallest absolute Gasteiger partial charge is 0.166 e. The first kappa shape index (κ1) is 11.1. The van der Waals surface area contributed by atoms with E-state index in [1.165, 1.54) is 6.92 Å². The average Bonchev–Trinajstić information content (AvgIpc) is 2.36. The Labute approximate surface area is 105 Å². The van der Waals surface area contributed by atoms with Gasteiger partial charge in [-0.1, -0.05) is 0 Å². The lowest BCUT2D eigenvalue weighted by Crippen LogP contribution is -2.38. The van der Waals surface area contributed by atoms with Crippen molar-refractivity contribution in [1.29, 1.82) is 0 Å². The van der Waals surface area contributed by atoms with Crippen LogP contribution in [-0.2, 0) is 0 Å². The number of rotatable bonds is 1. The lowest BCUT2D eigenvalue weighted by molar-refractivity contribution is 0.0969. The highest BCUT2D eigenvalue weighted by Crippen LogP contribution is 2.36. The van der Waals surface area contributed by atoms with Gasteiger partial charge in [-0.15, -0.1) is 0 Å². The molecular formula is C14H13NO3. The Morgan fingerprint density at radius 2 is 1.56 bits per heavy atom. The monoisotopic (exact) mass is 243 g/mol. The van der Waals surface area contributed by atoms with Gasteiger partial charge in [0.1, 0.15) is 0 Å². The Bertz CT molecular complexity index is 548. The van der Waals surface area contributed by atoms with Gasteiger partial charge >= 0.3 is 0 Å². The third-order valence-electron chi connectivity index (χ3n) is 3.65. The fourth-order valence-electron chi connectivity index (χ4n) is 2.68. The molecule has 0 atom stereocenters. The first-order chi connectivity index (χ1) is 8.58. The summed E-state index contributed by atoms with van der Waals surface area (Å²) in [4.78, 5) is 37.5. The van der Waals surface area contributed by atoms with Gasteiger partial charge in [0.05, 0.1) is 5.69 Å². The van der Waals surface area contributed by atoms with Crippen molar-refractivity contribution < 1.29 is 14.4 Å². The van der Waals surface area contributed by atoms with Crippen molar-refractivity contribution >= 4 is 23.0 Å². The van der Waals surface area contributed by atoms with Crippen molar-refractivity contribution in [1.82, 2.24) is 0 Å². The maximum absolute atomic E-state index is 12.0. The number of nitrogens with zero attached hydrogens (tertiary/aromatic N) is 1. The molecule has 0 radical (unpaired) electrons. The van der Waals surface area contributed by atoms with Gasteiger partial charge in [-0.2, -0.15) is 0 Å². The van der Waals surface area contributed by atoms with Gasteiger partial charge in [0.2, 0.25) is 0 Å². The molecule has 0 spiro atoms. The maximum Gasteiger partial charge on any atom is 0.166 e. The zero-order chi connectivity index (χ0) is 12.9. The Balaban J connectivity index is 2.30. The van der Waals surface area contributed by atoms with E-state index in [-0.39, 0.29) is 17.3 Å². The van der Waals surface area contributed by atoms with Crippen LogP contribution in [0.5, 0.6) is 0 Å². The van der Waals surface area contributed by atoms with Crippen LogP contribution in [0.15, 0.2) is 12.1 Å². The minimum absolute atomic E-state index is 0.0281. The molecule has 0 saturated carbocycles. The summed E-state index contributed by atoms with van der Waals surface area (Å²) >= 11 is 0. The topological polar surface area (TPSA) is 54.5 Å². The van der Waals surface area contributed by atoms with Gasteiger partial charge < -0.3 is 4.90 Å². The normalized spacial score (nSPS) is 17.7. The largest absolute Gasteiger partial charge is 0.369 e. The van der Waals surface area contributed by atoms with Crippen LogP contribution in [0, 0.1) is 0 Å². The molecule has 0 saturated heterocycles. The molecule has 0 amide bonds. The van der Waals surface area contributed by atoms with E-state index in [4.69, 9.17) is 0 Å². The second-order valence-electron chi connectivity index (χ2n) is 4.81. The summed E-state index contributed by atoms with van der Waals surface area (Å²) in [6.07, 6.45) is 0.921. The van der Waals surface area contributed by atoms with Gasteiger partial charge in [0.25, 0.3) is 0 Å². The second kappa shape index (κ2) is 3.77. The molecule has 0 aromatic heterocycles. The molecule has 4 nitrogen and oxygen atoms in total. The number of hydrogen-bond acceptors (Lipinski definition) is 4. The first-order valence-corrected chi connectivity index (χ1v) is 6.08. The van der Waals surface area contributed by atoms with Gasteiger partial charge in [0.15, 0.2) is 17.3 Å². The molecule has 3 rings (SSSR count). The summed E-state index contributed by atoms with van der Waals surface area (Å²) in [7, 11) is 0. The van der Waals surface area contributed by atoms with E-state index in [0.717, 1.165) is 5.69 Å². The predicted octanol–water partition coefficient (Wildman–Crippen LogP) is 1.87. The summed E-state index contributed by atoms with van der Waals surface area (Å²) < 4.78 is 0. The molecule has 0 fully saturated rings. The maximum atomic E-state index is 12.0. The minimum Gasteiger partial charge on any atom is -0.369 e. The molecule has 1 aromatic carbocycles. The molecule has 4 heteroatoms. The van der Waals surface area contributed by atoms with Gasteiger partial charge in [-0.25, -0.2) is 0 Å². The molecular weight excluding hydrogens is 230 g/mol. The van der Waals surface area contributed by atoms with Crippen LogP contribution >= 0.6 is 0 Å². The fourth-order valence-corrected chi connectivity index (χ4v) is 2.68. The van der Waals surface area contributed by atoms with E-state index in [0.29, 0.717) is 42.6 Å². The van der Waals surface area contributed by atoms with Gasteiger partial charge in [-0.05, 0) is 19.1 Å². The summed E-state index contributed by atoms with van der Waals surface area (Å²) in [5.74, 6) is -0.0575. The Kier molecular flexibility index (Phi) is 2.33. The van der Waals surface area contributed by atoms with Gasteiger partial charge in [-0.3, -0.25) is 14.4 Å². The third kappa shape index (κ3) is 1.49. The van der Waals surface area contributed by atoms with Gasteiger partial charge in [0, 0.05) is 42.6 Å². The number of benzene rings is 1. The second-order valence-corrected chi connectivity index (χ2v) is 4.81. The van der Waals surface area contributed by atoms with E-state index in [9.17, 15) is 14.4 Å². The summed E-state index contributed by atoms with van der Waals surface area (Å²) in [5, 5.41) is 0.